The molecule has 3 heterocycles. The average molecular weight is 856 g/mol. The lowest BCUT2D eigenvalue weighted by Crippen LogP contribution is -2.52. The van der Waals surface area contributed by atoms with Crippen LogP contribution in [0.25, 0.3) is 10.9 Å². The molecule has 1 saturated heterocycles. The Morgan fingerprint density at radius 1 is 0.951 bits per heavy atom. The molecule has 1 aromatic heterocycles. The fraction of sp³-hybridized carbons (Fsp3) is 0.286. The van der Waals surface area contributed by atoms with E-state index in [2.05, 4.69) is 42.5 Å². The highest BCUT2D eigenvalue weighted by Crippen LogP contribution is 2.60. The van der Waals surface area contributed by atoms with Crippen LogP contribution in [0.5, 0.6) is 5.75 Å². The van der Waals surface area contributed by atoms with Gasteiger partial charge >= 0.3 is 0 Å². The van der Waals surface area contributed by atoms with Gasteiger partial charge in [0.25, 0.3) is 5.91 Å². The maximum atomic E-state index is 15.3. The molecule has 2 aliphatic rings. The number of aromatic nitrogens is 1. The Morgan fingerprint density at radius 3 is 2.39 bits per heavy atom. The number of carbonyl (C=O) groups is 3. The number of halogens is 1. The van der Waals surface area contributed by atoms with Gasteiger partial charge in [-0.25, -0.2) is 0 Å². The highest BCUT2D eigenvalue weighted by molar-refractivity contribution is 6.91. The summed E-state index contributed by atoms with van der Waals surface area (Å²) in [5.41, 5.74) is 4.19. The minimum atomic E-state index is -2.55. The summed E-state index contributed by atoms with van der Waals surface area (Å²) in [5, 5.41) is 15.7. The molecule has 3 amide bonds. The van der Waals surface area contributed by atoms with E-state index >= 15 is 4.79 Å². The third-order valence-corrected chi connectivity index (χ3v) is 17.3. The van der Waals surface area contributed by atoms with Gasteiger partial charge in [0.15, 0.2) is 5.60 Å². The van der Waals surface area contributed by atoms with Gasteiger partial charge in [0.05, 0.1) is 53.0 Å². The minimum absolute atomic E-state index is 0.0346. The van der Waals surface area contributed by atoms with Crippen molar-refractivity contribution in [1.82, 2.24) is 9.88 Å². The number of hydrogen-bond donors (Lipinski definition) is 3. The Morgan fingerprint density at radius 2 is 1.67 bits per heavy atom. The third-order valence-electron chi connectivity index (χ3n) is 12.7. The van der Waals surface area contributed by atoms with Crippen LogP contribution in [0, 0.1) is 5.92 Å². The predicted octanol–water partition coefficient (Wildman–Crippen LogP) is 8.19. The molecular weight excluding hydrogens is 804 g/mol. The number of ether oxygens (including phenoxy) is 2. The highest BCUT2D eigenvalue weighted by atomic mass is 35.5. The third kappa shape index (κ3) is 8.11. The number of nitrogens with zero attached hydrogens (tertiary/aromatic N) is 2. The number of fused-ring (bicyclic) bond motifs is 3. The van der Waals surface area contributed by atoms with Gasteiger partial charge in [0.1, 0.15) is 5.75 Å². The van der Waals surface area contributed by atoms with Crippen molar-refractivity contribution in [3.05, 3.63) is 155 Å². The summed E-state index contributed by atoms with van der Waals surface area (Å²) < 4.78 is 12.7. The molecule has 12 heteroatoms. The van der Waals surface area contributed by atoms with Crippen LogP contribution in [0.4, 0.5) is 11.4 Å². The number of H-pyrrole nitrogens is 1. The Hall–Kier alpha value is -5.72. The van der Waals surface area contributed by atoms with Crippen molar-refractivity contribution in [1.29, 1.82) is 0 Å². The molecule has 8 rings (SSSR count). The van der Waals surface area contributed by atoms with E-state index in [0.717, 1.165) is 38.5 Å². The second-order valence-electron chi connectivity index (χ2n) is 16.7. The zero-order valence-electron chi connectivity index (χ0n) is 34.9. The number of aromatic amines is 1. The molecule has 0 saturated carbocycles. The maximum absolute atomic E-state index is 15.3. The van der Waals surface area contributed by atoms with Crippen molar-refractivity contribution in [3.8, 4) is 5.75 Å². The van der Waals surface area contributed by atoms with Crippen molar-refractivity contribution in [2.75, 3.05) is 30.5 Å². The standard InChI is InChI=1S/C49H51ClN4O6Si/c1-32-47(61(3,4)39-21-19-38(59-2)20-22-39)44(28-46(57)53(24-25-55)30-33-10-6-5-7-11-33)60-49(32)41-27-36(50)16-23-43(41)54(48(49)58)31-34-14-17-37(18-15-34)52-45(56)26-35-29-51-42-13-9-8-12-40(35)42/h5-23,27,29,32,44,47,51,55H,24-26,28,30-31H2,1-4H3,(H,52,56)/t32-,44+,47-,49+/m0/s1. The number of rotatable bonds is 14. The van der Waals surface area contributed by atoms with E-state index in [1.165, 1.54) is 0 Å². The SMILES string of the molecule is COc1ccc([Si](C)(C)[C@@H]2[C@@H](CC(=O)N(CCO)Cc3ccccc3)O[C@]3(C(=O)N(Cc4ccc(NC(=O)Cc5c[nH]c6ccccc56)cc4)c4ccc(Cl)cc43)[C@H]2C)cc1. The molecule has 3 N–H and O–H groups in total. The maximum Gasteiger partial charge on any atom is 0.264 e. The summed E-state index contributed by atoms with van der Waals surface area (Å²) in [6.45, 7) is 7.23. The molecule has 2 aliphatic heterocycles. The normalized spacial score (nSPS) is 19.7. The number of anilines is 2. The topological polar surface area (TPSA) is 124 Å². The molecule has 0 bridgehead atoms. The van der Waals surface area contributed by atoms with Crippen LogP contribution in [-0.2, 0) is 44.2 Å². The van der Waals surface area contributed by atoms with Gasteiger partial charge in [0, 0.05) is 52.4 Å². The average Bonchev–Trinajstić information content (AvgIpc) is 3.88. The smallest absolute Gasteiger partial charge is 0.264 e. The van der Waals surface area contributed by atoms with Crippen LogP contribution < -0.4 is 20.1 Å². The first kappa shape index (κ1) is 42.0. The highest BCUT2D eigenvalue weighted by Gasteiger charge is 2.66. The summed E-state index contributed by atoms with van der Waals surface area (Å²) in [5.74, 6) is -0.0862. The van der Waals surface area contributed by atoms with E-state index in [1.54, 1.807) is 23.0 Å². The first-order valence-electron chi connectivity index (χ1n) is 20.7. The van der Waals surface area contributed by atoms with Gasteiger partial charge in [-0.1, -0.05) is 110 Å². The summed E-state index contributed by atoms with van der Waals surface area (Å²) in [6.07, 6.45) is 1.51. The van der Waals surface area contributed by atoms with Gasteiger partial charge in [-0.15, -0.1) is 0 Å². The number of carbonyl (C=O) groups excluding carboxylic acids is 3. The molecule has 314 valence electrons. The molecule has 6 aromatic rings. The molecule has 4 atom stereocenters. The van der Waals surface area contributed by atoms with Gasteiger partial charge < -0.3 is 34.7 Å². The van der Waals surface area contributed by atoms with Crippen molar-refractivity contribution in [2.45, 2.75) is 63.2 Å². The van der Waals surface area contributed by atoms with Crippen LogP contribution in [-0.4, -0.2) is 67.2 Å². The van der Waals surface area contributed by atoms with Gasteiger partial charge in [0.2, 0.25) is 11.8 Å². The fourth-order valence-corrected chi connectivity index (χ4v) is 13.9. The number of nitrogens with one attached hydrogen (secondary N) is 2. The zero-order chi connectivity index (χ0) is 42.9. The van der Waals surface area contributed by atoms with E-state index < -0.39 is 19.8 Å². The van der Waals surface area contributed by atoms with Crippen molar-refractivity contribution < 1.29 is 29.0 Å². The minimum Gasteiger partial charge on any atom is -0.497 e. The summed E-state index contributed by atoms with van der Waals surface area (Å²) in [6, 6.07) is 38.8. The Bertz CT molecular complexity index is 2550. The largest absolute Gasteiger partial charge is 0.497 e. The second-order valence-corrected chi connectivity index (χ2v) is 21.8. The second kappa shape index (κ2) is 17.3. The lowest BCUT2D eigenvalue weighted by atomic mass is 9.82. The van der Waals surface area contributed by atoms with Crippen molar-refractivity contribution in [2.24, 2.45) is 5.92 Å². The number of methoxy groups -OCH3 is 1. The summed E-state index contributed by atoms with van der Waals surface area (Å²) in [4.78, 5) is 49.5. The van der Waals surface area contributed by atoms with Crippen LogP contribution >= 0.6 is 11.6 Å². The van der Waals surface area contributed by atoms with Crippen LogP contribution in [0.3, 0.4) is 0 Å². The van der Waals surface area contributed by atoms with Crippen LogP contribution in [0.2, 0.25) is 23.7 Å². The fourth-order valence-electron chi connectivity index (χ4n) is 9.69. The molecule has 0 unspecified atom stereocenters. The lowest BCUT2D eigenvalue weighted by Gasteiger charge is -2.37. The van der Waals surface area contributed by atoms with Gasteiger partial charge in [-0.05, 0) is 70.8 Å². The number of para-hydroxylation sites is 1. The van der Waals surface area contributed by atoms with Crippen molar-refractivity contribution in [3.63, 3.8) is 0 Å². The van der Waals surface area contributed by atoms with E-state index in [1.807, 2.05) is 109 Å². The molecule has 10 nitrogen and oxygen atoms in total. The number of hydrogen-bond acceptors (Lipinski definition) is 6. The number of benzene rings is 5. The Kier molecular flexibility index (Phi) is 11.9. The quantitative estimate of drug-likeness (QED) is 0.0951. The molecule has 1 fully saturated rings. The van der Waals surface area contributed by atoms with E-state index in [9.17, 15) is 14.7 Å². The predicted molar refractivity (Wildman–Crippen MR) is 243 cm³/mol. The first-order chi connectivity index (χ1) is 29.4. The van der Waals surface area contributed by atoms with Crippen LogP contribution in [0.1, 0.15) is 35.6 Å². The Labute approximate surface area is 362 Å². The Balaban J connectivity index is 1.09. The van der Waals surface area contributed by atoms with E-state index in [-0.39, 0.29) is 61.7 Å². The lowest BCUT2D eigenvalue weighted by molar-refractivity contribution is -0.150. The van der Waals surface area contributed by atoms with E-state index in [4.69, 9.17) is 21.1 Å². The van der Waals surface area contributed by atoms with E-state index in [0.29, 0.717) is 28.5 Å². The summed E-state index contributed by atoms with van der Waals surface area (Å²) >= 11 is 6.74. The first-order valence-corrected chi connectivity index (χ1v) is 24.2. The molecule has 61 heavy (non-hydrogen) atoms. The molecule has 0 radical (unpaired) electrons. The monoisotopic (exact) mass is 854 g/mol. The van der Waals surface area contributed by atoms with Gasteiger partial charge in [-0.2, -0.15) is 0 Å². The number of amides is 3. The van der Waals surface area contributed by atoms with Crippen LogP contribution in [0.15, 0.2) is 128 Å². The number of aliphatic hydroxyl groups excluding tert-OH is 1. The molecule has 1 spiro atoms. The summed E-state index contributed by atoms with van der Waals surface area (Å²) in [7, 11) is -0.910. The van der Waals surface area contributed by atoms with Gasteiger partial charge in [-0.3, -0.25) is 14.4 Å². The van der Waals surface area contributed by atoms with Crippen molar-refractivity contribution >= 4 is 64.9 Å². The zero-order valence-corrected chi connectivity index (χ0v) is 36.6. The molecular formula is C49H51ClN4O6Si. The molecule has 5 aromatic carbocycles. The number of aliphatic hydroxyl groups is 1. The molecule has 0 aliphatic carbocycles.